The SMILES string of the molecule is COc1cccc(-n2c(SCC(=O)Nc3ccc(C)cc3C)nc3c([nH]c4ccccc43)c2=O)c1. The predicted octanol–water partition coefficient (Wildman–Crippen LogP) is 5.22. The number of para-hydroxylation sites is 1. The van der Waals surface area contributed by atoms with Gasteiger partial charge in [-0.2, -0.15) is 0 Å². The summed E-state index contributed by atoms with van der Waals surface area (Å²) in [4.78, 5) is 34.5. The zero-order chi connectivity index (χ0) is 24.5. The van der Waals surface area contributed by atoms with E-state index in [1.54, 1.807) is 13.2 Å². The van der Waals surface area contributed by atoms with Gasteiger partial charge >= 0.3 is 0 Å². The fourth-order valence-electron chi connectivity index (χ4n) is 4.09. The Bertz CT molecular complexity index is 1640. The van der Waals surface area contributed by atoms with Gasteiger partial charge in [-0.1, -0.05) is 53.7 Å². The number of thioether (sulfide) groups is 1. The number of benzene rings is 3. The molecule has 3 aromatic carbocycles. The van der Waals surface area contributed by atoms with Crippen molar-refractivity contribution in [1.29, 1.82) is 0 Å². The largest absolute Gasteiger partial charge is 0.497 e. The average Bonchev–Trinajstić information content (AvgIpc) is 3.23. The summed E-state index contributed by atoms with van der Waals surface area (Å²) in [5, 5.41) is 4.25. The van der Waals surface area contributed by atoms with Crippen molar-refractivity contribution in [1.82, 2.24) is 14.5 Å². The van der Waals surface area contributed by atoms with Crippen molar-refractivity contribution in [3.05, 3.63) is 88.2 Å². The van der Waals surface area contributed by atoms with Crippen molar-refractivity contribution in [2.75, 3.05) is 18.2 Å². The summed E-state index contributed by atoms with van der Waals surface area (Å²) in [5.74, 6) is 0.541. The number of carbonyl (C=O) groups is 1. The molecule has 1 amide bonds. The summed E-state index contributed by atoms with van der Waals surface area (Å²) >= 11 is 1.22. The topological polar surface area (TPSA) is 89.0 Å². The molecule has 7 nitrogen and oxygen atoms in total. The van der Waals surface area contributed by atoms with Crippen molar-refractivity contribution >= 4 is 45.3 Å². The van der Waals surface area contributed by atoms with Gasteiger partial charge in [-0.3, -0.25) is 14.2 Å². The van der Waals surface area contributed by atoms with Crippen LogP contribution in [0.5, 0.6) is 5.75 Å². The van der Waals surface area contributed by atoms with Gasteiger partial charge < -0.3 is 15.0 Å². The van der Waals surface area contributed by atoms with Gasteiger partial charge in [-0.05, 0) is 43.7 Å². The van der Waals surface area contributed by atoms with Crippen molar-refractivity contribution in [3.63, 3.8) is 0 Å². The molecule has 176 valence electrons. The molecule has 0 bridgehead atoms. The van der Waals surface area contributed by atoms with Crippen LogP contribution < -0.4 is 15.6 Å². The van der Waals surface area contributed by atoms with Crippen LogP contribution in [0.25, 0.3) is 27.6 Å². The molecule has 35 heavy (non-hydrogen) atoms. The highest BCUT2D eigenvalue weighted by atomic mass is 32.2. The Hall–Kier alpha value is -4.04. The smallest absolute Gasteiger partial charge is 0.283 e. The Morgan fingerprint density at radius 1 is 1.09 bits per heavy atom. The standard InChI is InChI=1S/C27H24N4O3S/c1-16-11-12-21(17(2)13-16)28-23(32)15-35-27-30-24-20-9-4-5-10-22(20)29-25(24)26(33)31(27)18-7-6-8-19(14-18)34-3/h4-14,29H,15H2,1-3H3,(H,28,32). The third-order valence-electron chi connectivity index (χ3n) is 5.79. The molecule has 0 aliphatic heterocycles. The minimum Gasteiger partial charge on any atom is -0.497 e. The highest BCUT2D eigenvalue weighted by Gasteiger charge is 2.18. The lowest BCUT2D eigenvalue weighted by atomic mass is 10.1. The van der Waals surface area contributed by atoms with E-state index in [1.807, 2.05) is 74.5 Å². The van der Waals surface area contributed by atoms with Crippen LogP contribution in [0.1, 0.15) is 11.1 Å². The van der Waals surface area contributed by atoms with Crippen LogP contribution in [0.15, 0.2) is 76.7 Å². The van der Waals surface area contributed by atoms with Gasteiger partial charge in [0.15, 0.2) is 5.16 Å². The quantitative estimate of drug-likeness (QED) is 0.255. The number of nitrogens with zero attached hydrogens (tertiary/aromatic N) is 2. The maximum atomic E-state index is 13.7. The fourth-order valence-corrected chi connectivity index (χ4v) is 4.89. The minimum absolute atomic E-state index is 0.0948. The second-order valence-corrected chi connectivity index (χ2v) is 9.23. The maximum Gasteiger partial charge on any atom is 0.283 e. The molecule has 0 saturated carbocycles. The number of ether oxygens (including phenoxy) is 1. The van der Waals surface area contributed by atoms with Crippen LogP contribution in [0.3, 0.4) is 0 Å². The van der Waals surface area contributed by atoms with E-state index in [9.17, 15) is 9.59 Å². The number of amides is 1. The van der Waals surface area contributed by atoms with E-state index >= 15 is 0 Å². The lowest BCUT2D eigenvalue weighted by Gasteiger charge is -2.13. The number of fused-ring (bicyclic) bond motifs is 3. The fraction of sp³-hybridized carbons (Fsp3) is 0.148. The molecule has 0 fully saturated rings. The highest BCUT2D eigenvalue weighted by molar-refractivity contribution is 7.99. The van der Waals surface area contributed by atoms with Crippen LogP contribution in [0.4, 0.5) is 5.69 Å². The van der Waals surface area contributed by atoms with Gasteiger partial charge in [0.05, 0.1) is 18.6 Å². The lowest BCUT2D eigenvalue weighted by Crippen LogP contribution is -2.23. The summed E-state index contributed by atoms with van der Waals surface area (Å²) in [5.41, 5.74) is 5.10. The van der Waals surface area contributed by atoms with Crippen LogP contribution in [-0.2, 0) is 4.79 Å². The highest BCUT2D eigenvalue weighted by Crippen LogP contribution is 2.27. The molecule has 2 heterocycles. The molecule has 5 aromatic rings. The second kappa shape index (κ2) is 9.31. The van der Waals surface area contributed by atoms with E-state index in [1.165, 1.54) is 16.3 Å². The number of anilines is 1. The number of nitrogens with one attached hydrogen (secondary N) is 2. The first-order valence-corrected chi connectivity index (χ1v) is 12.1. The maximum absolute atomic E-state index is 13.7. The van der Waals surface area contributed by atoms with Gasteiger partial charge in [-0.25, -0.2) is 4.98 Å². The minimum atomic E-state index is -0.239. The Labute approximate surface area is 206 Å². The number of hydrogen-bond donors (Lipinski definition) is 2. The zero-order valence-electron chi connectivity index (χ0n) is 19.6. The van der Waals surface area contributed by atoms with Crippen molar-refractivity contribution in [3.8, 4) is 11.4 Å². The summed E-state index contributed by atoms with van der Waals surface area (Å²) in [6.07, 6.45) is 0. The number of carbonyl (C=O) groups excluding carboxylic acids is 1. The normalized spacial score (nSPS) is 11.2. The van der Waals surface area contributed by atoms with Crippen molar-refractivity contribution in [2.24, 2.45) is 0 Å². The van der Waals surface area contributed by atoms with E-state index in [4.69, 9.17) is 9.72 Å². The predicted molar refractivity (Wildman–Crippen MR) is 141 cm³/mol. The summed E-state index contributed by atoms with van der Waals surface area (Å²) < 4.78 is 6.88. The lowest BCUT2D eigenvalue weighted by molar-refractivity contribution is -0.113. The van der Waals surface area contributed by atoms with Crippen molar-refractivity contribution < 1.29 is 9.53 Å². The van der Waals surface area contributed by atoms with Crippen LogP contribution in [0.2, 0.25) is 0 Å². The second-order valence-electron chi connectivity index (χ2n) is 8.29. The summed E-state index contributed by atoms with van der Waals surface area (Å²) in [6, 6.07) is 20.8. The van der Waals surface area contributed by atoms with E-state index in [0.29, 0.717) is 27.6 Å². The molecule has 0 spiro atoms. The van der Waals surface area contributed by atoms with Gasteiger partial charge in [0.1, 0.15) is 16.8 Å². The van der Waals surface area contributed by atoms with E-state index < -0.39 is 0 Å². The summed E-state index contributed by atoms with van der Waals surface area (Å²) in [7, 11) is 1.58. The Morgan fingerprint density at radius 3 is 2.71 bits per heavy atom. The molecule has 2 N–H and O–H groups in total. The number of rotatable bonds is 6. The van der Waals surface area contributed by atoms with Gasteiger partial charge in [0, 0.05) is 22.7 Å². The molecule has 0 saturated heterocycles. The van der Waals surface area contributed by atoms with Gasteiger partial charge in [-0.15, -0.1) is 0 Å². The first-order valence-electron chi connectivity index (χ1n) is 11.1. The summed E-state index contributed by atoms with van der Waals surface area (Å²) in [6.45, 7) is 3.97. The molecule has 0 aliphatic carbocycles. The Morgan fingerprint density at radius 2 is 1.91 bits per heavy atom. The van der Waals surface area contributed by atoms with Crippen molar-refractivity contribution in [2.45, 2.75) is 19.0 Å². The average molecular weight is 485 g/mol. The van der Waals surface area contributed by atoms with E-state index in [0.717, 1.165) is 27.7 Å². The number of aromatic amines is 1. The third-order valence-corrected chi connectivity index (χ3v) is 6.73. The molecular weight excluding hydrogens is 460 g/mol. The third kappa shape index (κ3) is 4.40. The Balaban J connectivity index is 1.56. The zero-order valence-corrected chi connectivity index (χ0v) is 20.4. The first-order chi connectivity index (χ1) is 16.9. The molecule has 0 unspecified atom stereocenters. The van der Waals surface area contributed by atoms with Gasteiger partial charge in [0.2, 0.25) is 5.91 Å². The first kappa shape index (κ1) is 22.7. The number of hydrogen-bond acceptors (Lipinski definition) is 5. The molecule has 5 rings (SSSR count). The number of aromatic nitrogens is 3. The van der Waals surface area contributed by atoms with E-state index in [2.05, 4.69) is 10.3 Å². The molecule has 0 radical (unpaired) electrons. The number of aryl methyl sites for hydroxylation is 2. The van der Waals surface area contributed by atoms with Crippen LogP contribution >= 0.6 is 11.8 Å². The van der Waals surface area contributed by atoms with Crippen LogP contribution in [0, 0.1) is 13.8 Å². The monoisotopic (exact) mass is 484 g/mol. The van der Waals surface area contributed by atoms with E-state index in [-0.39, 0.29) is 17.2 Å². The molecular formula is C27H24N4O3S. The van der Waals surface area contributed by atoms with Crippen LogP contribution in [-0.4, -0.2) is 33.3 Å². The molecule has 2 aromatic heterocycles. The molecule has 0 atom stereocenters. The Kier molecular flexibility index (Phi) is 6.05. The molecule has 8 heteroatoms. The number of H-pyrrole nitrogens is 1. The number of methoxy groups -OCH3 is 1. The molecule has 0 aliphatic rings. The van der Waals surface area contributed by atoms with Gasteiger partial charge in [0.25, 0.3) is 5.56 Å².